The zero-order valence-corrected chi connectivity index (χ0v) is 68.2. The lowest BCUT2D eigenvalue weighted by atomic mass is 9.96. The van der Waals surface area contributed by atoms with Crippen molar-refractivity contribution in [2.45, 2.75) is 218 Å². The molecule has 11 atom stereocenters. The Morgan fingerprint density at radius 3 is 1.28 bits per heavy atom. The molecule has 0 saturated carbocycles. The minimum atomic E-state index is -1.49. The molecule has 0 unspecified atom stereocenters. The summed E-state index contributed by atoms with van der Waals surface area (Å²) < 4.78 is 0. The minimum absolute atomic E-state index is 0.00587. The first-order valence-electron chi connectivity index (χ1n) is 40.3. The van der Waals surface area contributed by atoms with Crippen molar-refractivity contribution in [2.75, 3.05) is 45.9 Å². The predicted molar refractivity (Wildman–Crippen MR) is 441 cm³/mol. The number of aromatic hydroxyl groups is 1. The minimum Gasteiger partial charge on any atom is -0.508 e. The zero-order valence-electron chi connectivity index (χ0n) is 68.2. The van der Waals surface area contributed by atoms with Gasteiger partial charge in [0.05, 0.1) is 26.2 Å². The number of para-hydroxylation sites is 2. The first kappa shape index (κ1) is 97.0. The molecule has 37 heteroatoms. The molecule has 3 aromatic carbocycles. The van der Waals surface area contributed by atoms with E-state index in [0.29, 0.717) is 57.3 Å². The Morgan fingerprint density at radius 1 is 0.381 bits per heavy atom. The number of rotatable bonds is 55. The number of carbonyl (C=O) groups excluding carboxylic acids is 15. The van der Waals surface area contributed by atoms with Crippen molar-refractivity contribution in [3.63, 3.8) is 0 Å². The molecule has 37 nitrogen and oxygen atoms in total. The number of phenolic OH excluding ortho intramolecular Hbond substituents is 1. The van der Waals surface area contributed by atoms with E-state index in [9.17, 15) is 82.1 Å². The summed E-state index contributed by atoms with van der Waals surface area (Å²) >= 11 is 0. The second-order valence-corrected chi connectivity index (χ2v) is 30.3. The van der Waals surface area contributed by atoms with Gasteiger partial charge in [0.15, 0.2) is 0 Å². The van der Waals surface area contributed by atoms with E-state index in [-0.39, 0.29) is 115 Å². The van der Waals surface area contributed by atoms with Gasteiger partial charge in [0.25, 0.3) is 0 Å². The number of aliphatic hydroxyl groups is 1. The zero-order chi connectivity index (χ0) is 87.0. The summed E-state index contributed by atoms with van der Waals surface area (Å²) in [4.78, 5) is 214. The number of hydrogen-bond donors (Lipinski definition) is 22. The molecule has 0 aliphatic heterocycles. The number of aromatic nitrogens is 2. The number of unbranched alkanes of at least 4 members (excludes halogenated alkanes) is 2. The van der Waals surface area contributed by atoms with Gasteiger partial charge in [-0.25, -0.2) is 0 Å². The molecule has 0 bridgehead atoms. The van der Waals surface area contributed by atoms with Crippen LogP contribution in [0.15, 0.2) is 85.2 Å². The molecule has 2 aromatic heterocycles. The number of aliphatic hydroxyl groups excluding tert-OH is 1. The molecular weight excluding hydrogens is 1530 g/mol. The number of nitrogens with one attached hydrogen (secondary N) is 15. The Balaban J connectivity index is 1.36. The molecule has 0 aliphatic rings. The van der Waals surface area contributed by atoms with Gasteiger partial charge in [-0.05, 0) is 136 Å². The van der Waals surface area contributed by atoms with Gasteiger partial charge in [-0.1, -0.05) is 116 Å². The summed E-state index contributed by atoms with van der Waals surface area (Å²) in [6.45, 7) is 8.53. The highest BCUT2D eigenvalue weighted by molar-refractivity contribution is 6.00. The topological polar surface area (TPSA) is 615 Å². The molecule has 2 heterocycles. The van der Waals surface area contributed by atoms with Gasteiger partial charge in [0.2, 0.25) is 88.6 Å². The lowest BCUT2D eigenvalue weighted by molar-refractivity contribution is -0.136. The van der Waals surface area contributed by atoms with Gasteiger partial charge in [0.1, 0.15) is 66.2 Å². The van der Waals surface area contributed by atoms with Crippen LogP contribution < -0.4 is 97.8 Å². The van der Waals surface area contributed by atoms with Gasteiger partial charge in [-0.15, -0.1) is 0 Å². The molecular formula is C81H122N20O17. The second-order valence-electron chi connectivity index (χ2n) is 30.3. The molecule has 0 fully saturated rings. The standard InChI is InChI=1S/C81H122N20O17/c1-7-48(6)71(81(118)96-60(31-32-66(85)104)73(110)90-43-69(107)89-42-67(86)105)101-79(116)61(36-47(4)5)97-78(115)64(39-51-41-88-56-22-14-12-20-54(51)56)99-74(111)58(24-16-34-83)92-70(108)44-91-72(109)57(23-15-33-82)94-75(112)59(25-17-35-84)95-77(114)63(38-50-40-87-55-21-13-11-19-53(50)55)100-76(113)62(37-49-27-29-52(103)30-28-49)98-80(117)65(45-102)93-68(106)26-10-8-9-18-46(2)3/h11-14,19-22,27-30,40-41,46-48,57-65,71,87-88,102-103H,7-10,15-18,23-26,31-39,42-45,82-84H2,1-6H3,(H2,85,104)(H2,86,105)(H,89,107)(H,90,110)(H,91,109)(H,92,108)(H,93,106)(H,94,112)(H,95,114)(H,96,118)(H,97,115)(H,98,117)(H,99,111)(H,100,113)(H,101,116)/t48-,57-,58+,59+,60-,61-,62+,63+,64-,65+,71-/m0/s1. The molecule has 648 valence electrons. The Hall–Kier alpha value is -11.6. The van der Waals surface area contributed by atoms with E-state index in [1.165, 1.54) is 24.3 Å². The van der Waals surface area contributed by atoms with E-state index in [1.807, 2.05) is 0 Å². The van der Waals surface area contributed by atoms with Crippen molar-refractivity contribution in [2.24, 2.45) is 46.4 Å². The molecule has 15 amide bonds. The Labute approximate surface area is 686 Å². The number of amides is 15. The molecule has 0 aliphatic carbocycles. The summed E-state index contributed by atoms with van der Waals surface area (Å²) in [5.41, 5.74) is 31.3. The van der Waals surface area contributed by atoms with Gasteiger partial charge in [-0.2, -0.15) is 0 Å². The van der Waals surface area contributed by atoms with Crippen LogP contribution in [-0.2, 0) is 91.2 Å². The number of primary amides is 2. The summed E-state index contributed by atoms with van der Waals surface area (Å²) in [5.74, 6) is -13.1. The predicted octanol–water partition coefficient (Wildman–Crippen LogP) is -1.76. The maximum absolute atomic E-state index is 15.0. The van der Waals surface area contributed by atoms with Crippen LogP contribution in [0.4, 0.5) is 0 Å². The molecule has 0 spiro atoms. The Bertz CT molecular complexity index is 4170. The fraction of sp³-hybridized carbons (Fsp3) is 0.543. The van der Waals surface area contributed by atoms with E-state index >= 15 is 0 Å². The van der Waals surface area contributed by atoms with Crippen LogP contribution in [0, 0.1) is 17.8 Å². The maximum atomic E-state index is 15.0. The molecule has 5 rings (SSSR count). The van der Waals surface area contributed by atoms with Crippen LogP contribution in [0.1, 0.15) is 155 Å². The van der Waals surface area contributed by atoms with E-state index in [4.69, 9.17) is 28.7 Å². The van der Waals surface area contributed by atoms with Crippen LogP contribution >= 0.6 is 0 Å². The highest BCUT2D eigenvalue weighted by Crippen LogP contribution is 2.23. The maximum Gasteiger partial charge on any atom is 0.245 e. The molecule has 118 heavy (non-hydrogen) atoms. The number of fused-ring (bicyclic) bond motifs is 2. The van der Waals surface area contributed by atoms with Gasteiger partial charge >= 0.3 is 0 Å². The van der Waals surface area contributed by atoms with Crippen LogP contribution in [0.3, 0.4) is 0 Å². The van der Waals surface area contributed by atoms with Crippen LogP contribution in [0.25, 0.3) is 21.8 Å². The fourth-order valence-electron chi connectivity index (χ4n) is 13.0. The van der Waals surface area contributed by atoms with E-state index in [1.54, 1.807) is 88.6 Å². The van der Waals surface area contributed by atoms with Crippen LogP contribution in [0.5, 0.6) is 5.75 Å². The number of carbonyl (C=O) groups is 15. The molecule has 5 aromatic rings. The average molecular weight is 1650 g/mol. The summed E-state index contributed by atoms with van der Waals surface area (Å²) in [5, 5.41) is 55.7. The third-order valence-corrected chi connectivity index (χ3v) is 19.8. The third-order valence-electron chi connectivity index (χ3n) is 19.8. The highest BCUT2D eigenvalue weighted by Gasteiger charge is 2.38. The van der Waals surface area contributed by atoms with Gasteiger partial charge in [0, 0.05) is 66.3 Å². The largest absolute Gasteiger partial charge is 0.508 e. The lowest BCUT2D eigenvalue weighted by Crippen LogP contribution is -2.61. The first-order valence-corrected chi connectivity index (χ1v) is 40.3. The smallest absolute Gasteiger partial charge is 0.245 e. The van der Waals surface area contributed by atoms with E-state index < -0.39 is 181 Å². The Morgan fingerprint density at radius 2 is 0.805 bits per heavy atom. The summed E-state index contributed by atoms with van der Waals surface area (Å²) in [7, 11) is 0. The highest BCUT2D eigenvalue weighted by atomic mass is 16.3. The van der Waals surface area contributed by atoms with E-state index in [0.717, 1.165) is 19.3 Å². The fourth-order valence-corrected chi connectivity index (χ4v) is 13.0. The van der Waals surface area contributed by atoms with Crippen molar-refractivity contribution in [3.8, 4) is 5.75 Å². The van der Waals surface area contributed by atoms with Crippen molar-refractivity contribution in [1.82, 2.24) is 79.1 Å². The number of hydrogen-bond acceptors (Lipinski definition) is 20. The second kappa shape index (κ2) is 50.8. The number of H-pyrrole nitrogens is 2. The number of benzene rings is 3. The normalized spacial score (nSPS) is 14.1. The summed E-state index contributed by atoms with van der Waals surface area (Å²) in [6.07, 6.45) is 5.85. The van der Waals surface area contributed by atoms with Crippen molar-refractivity contribution in [3.05, 3.63) is 102 Å². The van der Waals surface area contributed by atoms with Crippen LogP contribution in [0.2, 0.25) is 0 Å². The van der Waals surface area contributed by atoms with E-state index in [2.05, 4.69) is 92.9 Å². The molecule has 27 N–H and O–H groups in total. The molecule has 0 radical (unpaired) electrons. The lowest BCUT2D eigenvalue weighted by Gasteiger charge is -2.29. The van der Waals surface area contributed by atoms with Crippen LogP contribution in [-0.4, -0.2) is 215 Å². The van der Waals surface area contributed by atoms with Gasteiger partial charge in [-0.3, -0.25) is 71.9 Å². The van der Waals surface area contributed by atoms with Gasteiger partial charge < -0.3 is 118 Å². The first-order chi connectivity index (χ1) is 56.3. The SMILES string of the molecule is CC[C@H](C)[C@H](NC(=O)[C@H](CC(C)C)NC(=O)[C@H](Cc1c[nH]c2ccccc12)NC(=O)[C@@H](CCCN)NC(=O)CNC(=O)[C@H](CCCN)NC(=O)[C@@H](CCCN)NC(=O)[C@@H](Cc1c[nH]c2ccccc12)NC(=O)[C@@H](Cc1ccc(O)cc1)NC(=O)[C@@H](CO)NC(=O)CCCCCC(C)C)C(=O)N[C@@H](CCC(N)=O)C(=O)NCC(=O)NCC(N)=O. The number of phenols is 1. The quantitative estimate of drug-likeness (QED) is 0.0192. The average Bonchev–Trinajstić information content (AvgIpc) is 1.70. The van der Waals surface area contributed by atoms with Crippen molar-refractivity contribution < 1.29 is 82.1 Å². The Kier molecular flexibility index (Phi) is 41.8. The summed E-state index contributed by atoms with van der Waals surface area (Å²) in [6, 6.07) is 5.78. The number of nitrogens with two attached hydrogens (primary N) is 5. The number of aromatic amines is 2. The monoisotopic (exact) mass is 1650 g/mol. The third kappa shape index (κ3) is 33.6. The van der Waals surface area contributed by atoms with Crippen molar-refractivity contribution in [1.29, 1.82) is 0 Å². The van der Waals surface area contributed by atoms with Crippen molar-refractivity contribution >= 4 is 110 Å². The molecule has 0 saturated heterocycles.